The van der Waals surface area contributed by atoms with Crippen LogP contribution in [0.15, 0.2) is 24.5 Å². The first-order valence-corrected chi connectivity index (χ1v) is 6.53. The lowest BCUT2D eigenvalue weighted by molar-refractivity contribution is 0.0528. The maximum atomic E-state index is 11.8. The van der Waals surface area contributed by atoms with Gasteiger partial charge in [-0.05, 0) is 19.4 Å². The Morgan fingerprint density at radius 3 is 3.00 bits per heavy atom. The topological polar surface area (TPSA) is 52.8 Å². The highest BCUT2D eigenvalue weighted by molar-refractivity contribution is 5.96. The van der Waals surface area contributed by atoms with Gasteiger partial charge in [-0.2, -0.15) is 5.10 Å². The standard InChI is InChI=1S/C14H18N2O3/c1-3-5-8-19-11-6-7-16-13(9-11)12(10-15-16)14(17)18-4-2/h6-7,9-10H,3-5,8H2,1-2H3. The largest absolute Gasteiger partial charge is 0.493 e. The molecule has 2 rings (SSSR count). The maximum absolute atomic E-state index is 11.8. The summed E-state index contributed by atoms with van der Waals surface area (Å²) in [6.07, 6.45) is 5.39. The van der Waals surface area contributed by atoms with E-state index in [1.165, 1.54) is 6.20 Å². The molecule has 0 aliphatic rings. The summed E-state index contributed by atoms with van der Waals surface area (Å²) in [5.41, 5.74) is 1.16. The molecule has 0 spiro atoms. The first-order chi connectivity index (χ1) is 9.26. The number of hydrogen-bond donors (Lipinski definition) is 0. The molecule has 0 saturated carbocycles. The van der Waals surface area contributed by atoms with Crippen molar-refractivity contribution in [1.82, 2.24) is 9.61 Å². The van der Waals surface area contributed by atoms with Gasteiger partial charge in [-0.1, -0.05) is 13.3 Å². The molecule has 2 heterocycles. The van der Waals surface area contributed by atoms with Crippen LogP contribution in [0.3, 0.4) is 0 Å². The molecular formula is C14H18N2O3. The minimum atomic E-state index is -0.358. The second kappa shape index (κ2) is 6.22. The summed E-state index contributed by atoms with van der Waals surface area (Å²) in [7, 11) is 0. The van der Waals surface area contributed by atoms with Crippen molar-refractivity contribution in [2.24, 2.45) is 0 Å². The van der Waals surface area contributed by atoms with E-state index in [-0.39, 0.29) is 5.97 Å². The monoisotopic (exact) mass is 262 g/mol. The normalized spacial score (nSPS) is 10.6. The molecule has 0 aromatic carbocycles. The third-order valence-corrected chi connectivity index (χ3v) is 2.75. The Bertz CT molecular complexity index is 563. The number of fused-ring (bicyclic) bond motifs is 1. The van der Waals surface area contributed by atoms with E-state index >= 15 is 0 Å². The van der Waals surface area contributed by atoms with E-state index in [0.29, 0.717) is 24.3 Å². The molecule has 2 aromatic heterocycles. The zero-order valence-electron chi connectivity index (χ0n) is 11.3. The van der Waals surface area contributed by atoms with Gasteiger partial charge < -0.3 is 9.47 Å². The Kier molecular flexibility index (Phi) is 4.39. The molecule has 2 aromatic rings. The number of hydrogen-bond acceptors (Lipinski definition) is 4. The summed E-state index contributed by atoms with van der Waals surface area (Å²) in [5, 5.41) is 4.12. The van der Waals surface area contributed by atoms with Crippen molar-refractivity contribution in [3.05, 3.63) is 30.1 Å². The second-order valence-electron chi connectivity index (χ2n) is 4.17. The second-order valence-corrected chi connectivity index (χ2v) is 4.17. The van der Waals surface area contributed by atoms with Crippen LogP contribution in [0.4, 0.5) is 0 Å². The van der Waals surface area contributed by atoms with E-state index in [1.807, 2.05) is 12.1 Å². The fourth-order valence-corrected chi connectivity index (χ4v) is 1.75. The van der Waals surface area contributed by atoms with Crippen molar-refractivity contribution in [2.45, 2.75) is 26.7 Å². The SMILES string of the molecule is CCCCOc1ccn2ncc(C(=O)OCC)c2c1. The fourth-order valence-electron chi connectivity index (χ4n) is 1.75. The van der Waals surface area contributed by atoms with Crippen LogP contribution in [0.25, 0.3) is 5.52 Å². The summed E-state index contributed by atoms with van der Waals surface area (Å²) in [6.45, 7) is 4.92. The number of rotatable bonds is 6. The zero-order chi connectivity index (χ0) is 13.7. The zero-order valence-corrected chi connectivity index (χ0v) is 11.3. The summed E-state index contributed by atoms with van der Waals surface area (Å²) in [5.74, 6) is 0.384. The van der Waals surface area contributed by atoms with Crippen molar-refractivity contribution in [3.8, 4) is 5.75 Å². The first kappa shape index (κ1) is 13.4. The van der Waals surface area contributed by atoms with Crippen LogP contribution in [0.1, 0.15) is 37.0 Å². The third-order valence-electron chi connectivity index (χ3n) is 2.75. The number of carbonyl (C=O) groups is 1. The molecule has 0 aliphatic carbocycles. The van der Waals surface area contributed by atoms with Crippen LogP contribution in [-0.4, -0.2) is 28.8 Å². The smallest absolute Gasteiger partial charge is 0.341 e. The number of pyridine rings is 1. The lowest BCUT2D eigenvalue weighted by Crippen LogP contribution is -2.04. The molecule has 0 bridgehead atoms. The van der Waals surface area contributed by atoms with Crippen molar-refractivity contribution >= 4 is 11.5 Å². The number of unbranched alkanes of at least 4 members (excludes halogenated alkanes) is 1. The molecule has 0 aliphatic heterocycles. The number of aromatic nitrogens is 2. The fraction of sp³-hybridized carbons (Fsp3) is 0.429. The molecule has 102 valence electrons. The van der Waals surface area contributed by atoms with Gasteiger partial charge in [-0.3, -0.25) is 0 Å². The number of esters is 1. The summed E-state index contributed by atoms with van der Waals surface area (Å²) in [4.78, 5) is 11.8. The van der Waals surface area contributed by atoms with Gasteiger partial charge >= 0.3 is 5.97 Å². The lowest BCUT2D eigenvalue weighted by atomic mass is 10.2. The van der Waals surface area contributed by atoms with Crippen LogP contribution in [0.2, 0.25) is 0 Å². The Hall–Kier alpha value is -2.04. The van der Waals surface area contributed by atoms with Crippen molar-refractivity contribution in [3.63, 3.8) is 0 Å². The molecule has 0 fully saturated rings. The predicted octanol–water partition coefficient (Wildman–Crippen LogP) is 2.69. The van der Waals surface area contributed by atoms with Crippen molar-refractivity contribution < 1.29 is 14.3 Å². The van der Waals surface area contributed by atoms with Crippen LogP contribution in [0, 0.1) is 0 Å². The highest BCUT2D eigenvalue weighted by Crippen LogP contribution is 2.18. The summed E-state index contributed by atoms with van der Waals surface area (Å²) >= 11 is 0. The van der Waals surface area contributed by atoms with E-state index in [2.05, 4.69) is 12.0 Å². The van der Waals surface area contributed by atoms with E-state index in [4.69, 9.17) is 9.47 Å². The molecule has 5 heteroatoms. The molecule has 19 heavy (non-hydrogen) atoms. The van der Waals surface area contributed by atoms with Crippen molar-refractivity contribution in [2.75, 3.05) is 13.2 Å². The van der Waals surface area contributed by atoms with Crippen LogP contribution < -0.4 is 4.74 Å². The van der Waals surface area contributed by atoms with Crippen molar-refractivity contribution in [1.29, 1.82) is 0 Å². The molecular weight excluding hydrogens is 244 g/mol. The van der Waals surface area contributed by atoms with E-state index in [9.17, 15) is 4.79 Å². The van der Waals surface area contributed by atoms with Gasteiger partial charge in [0.25, 0.3) is 0 Å². The predicted molar refractivity (Wildman–Crippen MR) is 71.6 cm³/mol. The minimum absolute atomic E-state index is 0.350. The van der Waals surface area contributed by atoms with Gasteiger partial charge in [-0.15, -0.1) is 0 Å². The van der Waals surface area contributed by atoms with E-state index < -0.39 is 0 Å². The first-order valence-electron chi connectivity index (χ1n) is 6.53. The van der Waals surface area contributed by atoms with Gasteiger partial charge in [0.05, 0.1) is 24.9 Å². The maximum Gasteiger partial charge on any atom is 0.341 e. The Morgan fingerprint density at radius 2 is 2.26 bits per heavy atom. The highest BCUT2D eigenvalue weighted by Gasteiger charge is 2.14. The molecule has 0 unspecified atom stereocenters. The average Bonchev–Trinajstić information content (AvgIpc) is 2.82. The van der Waals surface area contributed by atoms with E-state index in [0.717, 1.165) is 18.6 Å². The van der Waals surface area contributed by atoms with Gasteiger partial charge in [-0.25, -0.2) is 9.31 Å². The molecule has 5 nitrogen and oxygen atoms in total. The summed E-state index contributed by atoms with van der Waals surface area (Å²) < 4.78 is 12.3. The highest BCUT2D eigenvalue weighted by atomic mass is 16.5. The Morgan fingerprint density at radius 1 is 1.42 bits per heavy atom. The van der Waals surface area contributed by atoms with Crippen LogP contribution >= 0.6 is 0 Å². The number of ether oxygens (including phenoxy) is 2. The minimum Gasteiger partial charge on any atom is -0.493 e. The number of carbonyl (C=O) groups excluding carboxylic acids is 1. The summed E-state index contributed by atoms with van der Waals surface area (Å²) in [6, 6.07) is 3.65. The molecule has 0 amide bonds. The molecule has 0 saturated heterocycles. The van der Waals surface area contributed by atoms with Crippen LogP contribution in [0.5, 0.6) is 5.75 Å². The van der Waals surface area contributed by atoms with Gasteiger partial charge in [0.15, 0.2) is 0 Å². The van der Waals surface area contributed by atoms with Gasteiger partial charge in [0, 0.05) is 12.3 Å². The van der Waals surface area contributed by atoms with Gasteiger partial charge in [0.1, 0.15) is 11.3 Å². The molecule has 0 radical (unpaired) electrons. The molecule has 0 atom stereocenters. The Labute approximate surface area is 112 Å². The molecule has 0 N–H and O–H groups in total. The lowest BCUT2D eigenvalue weighted by Gasteiger charge is -2.06. The van der Waals surface area contributed by atoms with E-state index in [1.54, 1.807) is 17.6 Å². The quantitative estimate of drug-likeness (QED) is 0.593. The average molecular weight is 262 g/mol. The Balaban J connectivity index is 2.24. The van der Waals surface area contributed by atoms with Crippen LogP contribution in [-0.2, 0) is 4.74 Å². The number of nitrogens with zero attached hydrogens (tertiary/aromatic N) is 2. The third kappa shape index (κ3) is 3.05. The van der Waals surface area contributed by atoms with Gasteiger partial charge in [0.2, 0.25) is 0 Å².